The van der Waals surface area contributed by atoms with Crippen LogP contribution in [0.15, 0.2) is 60.7 Å². The number of rotatable bonds is 5. The van der Waals surface area contributed by atoms with Crippen molar-refractivity contribution >= 4 is 17.8 Å². The van der Waals surface area contributed by atoms with Crippen LogP contribution in [-0.2, 0) is 14.4 Å². The van der Waals surface area contributed by atoms with Crippen LogP contribution in [0.25, 0.3) is 0 Å². The summed E-state index contributed by atoms with van der Waals surface area (Å²) in [5.74, 6) is -3.68. The Balaban J connectivity index is 1.72. The molecule has 1 saturated carbocycles. The number of hydrogen-bond donors (Lipinski definition) is 3. The van der Waals surface area contributed by atoms with Gasteiger partial charge in [-0.3, -0.25) is 25.2 Å². The van der Waals surface area contributed by atoms with Gasteiger partial charge in [0.15, 0.2) is 0 Å². The van der Waals surface area contributed by atoms with Crippen LogP contribution in [0.5, 0.6) is 0 Å². The fraction of sp³-hybridized carbons (Fsp3) is 0.318. The zero-order valence-electron chi connectivity index (χ0n) is 15.5. The number of hydrogen-bond acceptors (Lipinski definition) is 3. The van der Waals surface area contributed by atoms with E-state index in [0.717, 1.165) is 24.0 Å². The zero-order valence-corrected chi connectivity index (χ0v) is 15.5. The lowest BCUT2D eigenvalue weighted by Crippen LogP contribution is -2.49. The quantitative estimate of drug-likeness (QED) is 0.695. The van der Waals surface area contributed by atoms with Gasteiger partial charge in [-0.2, -0.15) is 0 Å². The second-order valence-electron chi connectivity index (χ2n) is 7.07. The van der Waals surface area contributed by atoms with E-state index in [1.165, 1.54) is 0 Å². The van der Waals surface area contributed by atoms with Crippen LogP contribution >= 0.6 is 0 Å². The van der Waals surface area contributed by atoms with E-state index in [4.69, 9.17) is 0 Å². The maximum atomic E-state index is 12.9. The average Bonchev–Trinajstić information content (AvgIpc) is 2.73. The lowest BCUT2D eigenvalue weighted by Gasteiger charge is -2.27. The smallest absolute Gasteiger partial charge is 0.307 e. The fourth-order valence-corrected chi connectivity index (χ4v) is 3.81. The van der Waals surface area contributed by atoms with Gasteiger partial charge in [-0.25, -0.2) is 0 Å². The average molecular weight is 380 g/mol. The molecular weight excluding hydrogens is 356 g/mol. The van der Waals surface area contributed by atoms with Crippen LogP contribution in [0.3, 0.4) is 0 Å². The van der Waals surface area contributed by atoms with Gasteiger partial charge in [-0.1, -0.05) is 73.5 Å². The van der Waals surface area contributed by atoms with Gasteiger partial charge in [-0.15, -0.1) is 0 Å². The maximum Gasteiger partial charge on any atom is 0.307 e. The van der Waals surface area contributed by atoms with Gasteiger partial charge in [0.25, 0.3) is 0 Å². The Morgan fingerprint density at radius 2 is 1.29 bits per heavy atom. The molecule has 2 aromatic rings. The van der Waals surface area contributed by atoms with Crippen molar-refractivity contribution in [2.45, 2.75) is 31.6 Å². The van der Waals surface area contributed by atoms with Crippen molar-refractivity contribution < 1.29 is 19.5 Å². The standard InChI is InChI=1S/C22H24N2O4/c25-20(17-13-7-8-14-18(17)22(27)28)23-24-21(26)19(15-9-3-1-4-10-15)16-11-5-2-6-12-16/h1-6,9-12,17-19H,7-8,13-14H2,(H,23,25)(H,24,26)(H,27,28)/t17-,18+/m0/s1. The van der Waals surface area contributed by atoms with Gasteiger partial charge in [0.2, 0.25) is 11.8 Å². The number of hydrazine groups is 1. The number of aliphatic carboxylic acids is 1. The molecule has 0 unspecified atom stereocenters. The van der Waals surface area contributed by atoms with E-state index in [0.29, 0.717) is 12.8 Å². The molecule has 2 aromatic carbocycles. The molecule has 0 heterocycles. The van der Waals surface area contributed by atoms with E-state index < -0.39 is 29.6 Å². The van der Waals surface area contributed by atoms with Crippen molar-refractivity contribution in [1.82, 2.24) is 10.9 Å². The predicted octanol–water partition coefficient (Wildman–Crippen LogP) is 2.86. The minimum Gasteiger partial charge on any atom is -0.481 e. The van der Waals surface area contributed by atoms with Gasteiger partial charge in [-0.05, 0) is 24.0 Å². The lowest BCUT2D eigenvalue weighted by atomic mass is 9.79. The van der Waals surface area contributed by atoms with Crippen LogP contribution in [0, 0.1) is 11.8 Å². The molecule has 0 spiro atoms. The number of carbonyl (C=O) groups is 3. The third-order valence-electron chi connectivity index (χ3n) is 5.26. The highest BCUT2D eigenvalue weighted by molar-refractivity contribution is 5.90. The molecule has 3 rings (SSSR count). The molecule has 1 aliphatic rings. The predicted molar refractivity (Wildman–Crippen MR) is 104 cm³/mol. The summed E-state index contributed by atoms with van der Waals surface area (Å²) in [6, 6.07) is 18.6. The molecule has 6 nitrogen and oxygen atoms in total. The molecule has 6 heteroatoms. The Kier molecular flexibility index (Phi) is 6.42. The monoisotopic (exact) mass is 380 g/mol. The van der Waals surface area contributed by atoms with Crippen molar-refractivity contribution in [3.63, 3.8) is 0 Å². The van der Waals surface area contributed by atoms with Gasteiger partial charge in [0.1, 0.15) is 0 Å². The maximum absolute atomic E-state index is 12.9. The van der Waals surface area contributed by atoms with Crippen molar-refractivity contribution in [3.05, 3.63) is 71.8 Å². The minimum atomic E-state index is -0.961. The number of amides is 2. The molecule has 2 atom stereocenters. The Morgan fingerprint density at radius 1 is 0.786 bits per heavy atom. The molecule has 146 valence electrons. The Morgan fingerprint density at radius 3 is 1.79 bits per heavy atom. The van der Waals surface area contributed by atoms with E-state index in [-0.39, 0.29) is 5.91 Å². The molecule has 0 bridgehead atoms. The summed E-state index contributed by atoms with van der Waals surface area (Å²) in [5.41, 5.74) is 6.57. The summed E-state index contributed by atoms with van der Waals surface area (Å²) in [6.45, 7) is 0. The molecule has 0 radical (unpaired) electrons. The first-order chi connectivity index (χ1) is 13.6. The summed E-state index contributed by atoms with van der Waals surface area (Å²) < 4.78 is 0. The molecule has 0 aliphatic heterocycles. The van der Waals surface area contributed by atoms with E-state index in [9.17, 15) is 19.5 Å². The SMILES string of the molecule is O=C(NNC(=O)[C@H]1CCCC[C@H]1C(=O)O)C(c1ccccc1)c1ccccc1. The molecule has 2 amide bonds. The number of carbonyl (C=O) groups excluding carboxylic acids is 2. The molecule has 3 N–H and O–H groups in total. The summed E-state index contributed by atoms with van der Waals surface area (Å²) in [5, 5.41) is 9.35. The second-order valence-corrected chi connectivity index (χ2v) is 7.07. The highest BCUT2D eigenvalue weighted by atomic mass is 16.4. The highest BCUT2D eigenvalue weighted by Crippen LogP contribution is 2.30. The van der Waals surface area contributed by atoms with Crippen LogP contribution in [-0.4, -0.2) is 22.9 Å². The van der Waals surface area contributed by atoms with E-state index in [1.807, 2.05) is 60.7 Å². The molecule has 1 fully saturated rings. The Labute approximate surface area is 163 Å². The van der Waals surface area contributed by atoms with Crippen LogP contribution in [0.4, 0.5) is 0 Å². The molecule has 0 saturated heterocycles. The van der Waals surface area contributed by atoms with E-state index >= 15 is 0 Å². The first-order valence-corrected chi connectivity index (χ1v) is 9.50. The van der Waals surface area contributed by atoms with Crippen molar-refractivity contribution in [1.29, 1.82) is 0 Å². The van der Waals surface area contributed by atoms with Gasteiger partial charge in [0.05, 0.1) is 17.8 Å². The Hall–Kier alpha value is -3.15. The first-order valence-electron chi connectivity index (χ1n) is 9.50. The second kappa shape index (κ2) is 9.17. The van der Waals surface area contributed by atoms with Crippen molar-refractivity contribution in [2.24, 2.45) is 11.8 Å². The number of nitrogens with one attached hydrogen (secondary N) is 2. The normalized spacial score (nSPS) is 19.0. The first kappa shape index (κ1) is 19.6. The van der Waals surface area contributed by atoms with Crippen molar-refractivity contribution in [2.75, 3.05) is 0 Å². The number of carboxylic acid groups (broad SMARTS) is 1. The van der Waals surface area contributed by atoms with Crippen LogP contribution in [0.2, 0.25) is 0 Å². The third kappa shape index (κ3) is 4.57. The number of benzene rings is 2. The summed E-state index contributed by atoms with van der Waals surface area (Å²) >= 11 is 0. The summed E-state index contributed by atoms with van der Waals surface area (Å²) in [6.07, 6.45) is 2.61. The van der Waals surface area contributed by atoms with Crippen LogP contribution < -0.4 is 10.9 Å². The largest absolute Gasteiger partial charge is 0.481 e. The topological polar surface area (TPSA) is 95.5 Å². The lowest BCUT2D eigenvalue weighted by molar-refractivity contribution is -0.149. The van der Waals surface area contributed by atoms with E-state index in [1.54, 1.807) is 0 Å². The molecular formula is C22H24N2O4. The third-order valence-corrected chi connectivity index (χ3v) is 5.26. The minimum absolute atomic E-state index is 0.367. The molecule has 28 heavy (non-hydrogen) atoms. The molecule has 0 aromatic heterocycles. The highest BCUT2D eigenvalue weighted by Gasteiger charge is 2.36. The fourth-order valence-electron chi connectivity index (χ4n) is 3.81. The Bertz CT molecular complexity index is 783. The van der Waals surface area contributed by atoms with E-state index in [2.05, 4.69) is 10.9 Å². The summed E-state index contributed by atoms with van der Waals surface area (Å²) in [4.78, 5) is 36.8. The van der Waals surface area contributed by atoms with Crippen molar-refractivity contribution in [3.8, 4) is 0 Å². The van der Waals surface area contributed by atoms with Gasteiger partial charge >= 0.3 is 5.97 Å². The molecule has 1 aliphatic carbocycles. The van der Waals surface area contributed by atoms with Crippen LogP contribution in [0.1, 0.15) is 42.7 Å². The zero-order chi connectivity index (χ0) is 19.9. The van der Waals surface area contributed by atoms with Gasteiger partial charge < -0.3 is 5.11 Å². The van der Waals surface area contributed by atoms with Gasteiger partial charge in [0, 0.05) is 0 Å². The summed E-state index contributed by atoms with van der Waals surface area (Å²) in [7, 11) is 0. The number of carboxylic acids is 1.